The number of aromatic nitrogens is 1. The van der Waals surface area contributed by atoms with Crippen molar-refractivity contribution in [1.29, 1.82) is 0 Å². The second-order valence-electron chi connectivity index (χ2n) is 5.75. The van der Waals surface area contributed by atoms with E-state index in [1.54, 1.807) is 0 Å². The third-order valence-corrected chi connectivity index (χ3v) is 3.80. The molecule has 0 spiro atoms. The number of nitrogens with one attached hydrogen (secondary N) is 1. The van der Waals surface area contributed by atoms with E-state index in [1.807, 2.05) is 0 Å². The first-order chi connectivity index (χ1) is 14.3. The fraction of sp³-hybridized carbons (Fsp3) is 0.278. The van der Waals surface area contributed by atoms with Crippen LogP contribution >= 0.6 is 11.6 Å². The maximum Gasteiger partial charge on any atom is 0.275 e. The third-order valence-electron chi connectivity index (χ3n) is 3.52. The number of rotatable bonds is 5. The zero-order chi connectivity index (χ0) is 22.1. The van der Waals surface area contributed by atoms with Crippen molar-refractivity contribution < 1.29 is 31.8 Å². The van der Waals surface area contributed by atoms with Crippen molar-refractivity contribution in [2.75, 3.05) is 25.4 Å². The number of aliphatic imine (C=N–C) groups is 1. The summed E-state index contributed by atoms with van der Waals surface area (Å²) in [4.78, 5) is 19.2. The van der Waals surface area contributed by atoms with Crippen LogP contribution in [0.3, 0.4) is 0 Å². The van der Waals surface area contributed by atoms with Crippen LogP contribution in [0.25, 0.3) is 0 Å². The van der Waals surface area contributed by atoms with Gasteiger partial charge < -0.3 is 20.5 Å². The van der Waals surface area contributed by atoms with Crippen LogP contribution < -0.4 is 15.8 Å². The molecule has 0 saturated heterocycles. The molecule has 7 nitrogen and oxygen atoms in total. The SMILES string of the molecule is NC1=NC(C(F)F)COC1.O=C(Nc1ccc(F)cc1)c1ncc(OCF)cc1Cl. The number of ether oxygens (including phenoxy) is 2. The Balaban J connectivity index is 0.000000269. The van der Waals surface area contributed by atoms with Gasteiger partial charge in [0.25, 0.3) is 12.3 Å². The quantitative estimate of drug-likeness (QED) is 0.683. The summed E-state index contributed by atoms with van der Waals surface area (Å²) >= 11 is 5.87. The van der Waals surface area contributed by atoms with Gasteiger partial charge in [0, 0.05) is 11.8 Å². The van der Waals surface area contributed by atoms with E-state index < -0.39 is 31.1 Å². The van der Waals surface area contributed by atoms with Crippen LogP contribution in [0, 0.1) is 5.82 Å². The summed E-state index contributed by atoms with van der Waals surface area (Å²) in [5.41, 5.74) is 5.52. The van der Waals surface area contributed by atoms with E-state index in [1.165, 1.54) is 36.5 Å². The number of hydrogen-bond acceptors (Lipinski definition) is 6. The van der Waals surface area contributed by atoms with E-state index in [2.05, 4.69) is 20.0 Å². The lowest BCUT2D eigenvalue weighted by molar-refractivity contribution is 0.0505. The molecule has 0 bridgehead atoms. The van der Waals surface area contributed by atoms with E-state index in [0.29, 0.717) is 5.69 Å². The van der Waals surface area contributed by atoms with Crippen LogP contribution in [-0.2, 0) is 4.74 Å². The smallest absolute Gasteiger partial charge is 0.275 e. The molecule has 0 saturated carbocycles. The number of halogens is 5. The van der Waals surface area contributed by atoms with Gasteiger partial charge in [-0.1, -0.05) is 11.6 Å². The van der Waals surface area contributed by atoms with Crippen LogP contribution in [0.4, 0.5) is 23.2 Å². The van der Waals surface area contributed by atoms with Crippen LogP contribution in [0.2, 0.25) is 5.02 Å². The van der Waals surface area contributed by atoms with Gasteiger partial charge in [0.2, 0.25) is 6.86 Å². The molecule has 1 aromatic carbocycles. The second kappa shape index (κ2) is 11.3. The molecule has 1 aliphatic heterocycles. The summed E-state index contributed by atoms with van der Waals surface area (Å²) in [7, 11) is 0. The molecule has 1 unspecified atom stereocenters. The average Bonchev–Trinajstić information content (AvgIpc) is 2.70. The number of nitrogens with two attached hydrogens (primary N) is 1. The number of benzene rings is 1. The van der Waals surface area contributed by atoms with E-state index in [4.69, 9.17) is 22.1 Å². The summed E-state index contributed by atoms with van der Waals surface area (Å²) < 4.78 is 57.7. The summed E-state index contributed by atoms with van der Waals surface area (Å²) in [6, 6.07) is 5.46. The van der Waals surface area contributed by atoms with Crippen LogP contribution in [0.5, 0.6) is 5.75 Å². The maximum atomic E-state index is 12.7. The highest BCUT2D eigenvalue weighted by atomic mass is 35.5. The Morgan fingerprint density at radius 3 is 2.60 bits per heavy atom. The van der Waals surface area contributed by atoms with Crippen molar-refractivity contribution in [3.63, 3.8) is 0 Å². The molecule has 12 heteroatoms. The highest BCUT2D eigenvalue weighted by Crippen LogP contribution is 2.21. The number of hydrogen-bond donors (Lipinski definition) is 2. The Morgan fingerprint density at radius 2 is 2.07 bits per heavy atom. The minimum Gasteiger partial charge on any atom is -0.461 e. The van der Waals surface area contributed by atoms with E-state index in [0.717, 1.165) is 0 Å². The standard InChI is InChI=1S/C13H9ClF2N2O2.C5H8F2N2O/c14-11-5-10(20-7-15)6-17-12(11)13(19)18-9-3-1-8(16)2-4-9;6-5(7)3-1-10-2-4(8)9-3/h1-6H,7H2,(H,18,19);3,5H,1-2H2,(H2,8,9). The summed E-state index contributed by atoms with van der Waals surface area (Å²) in [5.74, 6) is -0.701. The maximum absolute atomic E-state index is 12.7. The Kier molecular flexibility index (Phi) is 8.81. The van der Waals surface area contributed by atoms with Crippen LogP contribution in [0.15, 0.2) is 41.5 Å². The average molecular weight is 449 g/mol. The molecule has 2 heterocycles. The van der Waals surface area contributed by atoms with Gasteiger partial charge in [0.1, 0.15) is 35.7 Å². The van der Waals surface area contributed by atoms with Gasteiger partial charge in [-0.3, -0.25) is 9.79 Å². The number of amidine groups is 1. The van der Waals surface area contributed by atoms with Gasteiger partial charge in [-0.15, -0.1) is 0 Å². The minimum absolute atomic E-state index is 0.0237. The number of amides is 1. The molecule has 1 aromatic heterocycles. The molecule has 3 N–H and O–H groups in total. The monoisotopic (exact) mass is 448 g/mol. The van der Waals surface area contributed by atoms with Crippen LogP contribution in [-0.4, -0.2) is 49.3 Å². The molecular weight excluding hydrogens is 432 g/mol. The Labute approximate surface area is 173 Å². The summed E-state index contributed by atoms with van der Waals surface area (Å²) in [5, 5.41) is 2.53. The van der Waals surface area contributed by atoms with Gasteiger partial charge in [0.05, 0.1) is 17.8 Å². The van der Waals surface area contributed by atoms with Gasteiger partial charge in [-0.05, 0) is 24.3 Å². The number of anilines is 1. The lowest BCUT2D eigenvalue weighted by Gasteiger charge is -2.17. The number of nitrogens with zero attached hydrogens (tertiary/aromatic N) is 2. The lowest BCUT2D eigenvalue weighted by Crippen LogP contribution is -2.34. The zero-order valence-corrected chi connectivity index (χ0v) is 16.1. The van der Waals surface area contributed by atoms with Crippen molar-refractivity contribution in [3.05, 3.63) is 53.1 Å². The minimum atomic E-state index is -2.47. The molecule has 0 radical (unpaired) electrons. The third kappa shape index (κ3) is 7.16. The first kappa shape index (κ1) is 23.4. The molecule has 0 fully saturated rings. The molecule has 162 valence electrons. The van der Waals surface area contributed by atoms with Crippen molar-refractivity contribution in [2.24, 2.45) is 10.7 Å². The Bertz CT molecular complexity index is 884. The fourth-order valence-electron chi connectivity index (χ4n) is 2.15. The molecule has 2 aromatic rings. The van der Waals surface area contributed by atoms with Crippen molar-refractivity contribution in [1.82, 2.24) is 4.98 Å². The number of carbonyl (C=O) groups excluding carboxylic acids is 1. The fourth-order valence-corrected chi connectivity index (χ4v) is 2.40. The summed E-state index contributed by atoms with van der Waals surface area (Å²) in [6.45, 7) is -0.874. The first-order valence-corrected chi connectivity index (χ1v) is 8.77. The largest absolute Gasteiger partial charge is 0.461 e. The number of carbonyl (C=O) groups is 1. The number of pyridine rings is 1. The van der Waals surface area contributed by atoms with Crippen molar-refractivity contribution in [3.8, 4) is 5.75 Å². The molecule has 30 heavy (non-hydrogen) atoms. The Morgan fingerprint density at radius 1 is 1.37 bits per heavy atom. The van der Waals surface area contributed by atoms with Gasteiger partial charge in [-0.25, -0.2) is 22.5 Å². The van der Waals surface area contributed by atoms with Gasteiger partial charge >= 0.3 is 0 Å². The predicted molar refractivity (Wildman–Crippen MR) is 102 cm³/mol. The first-order valence-electron chi connectivity index (χ1n) is 8.39. The highest BCUT2D eigenvalue weighted by Gasteiger charge is 2.22. The van der Waals surface area contributed by atoms with Crippen molar-refractivity contribution in [2.45, 2.75) is 12.5 Å². The summed E-state index contributed by atoms with van der Waals surface area (Å²) in [6.07, 6.45) is -1.29. The second-order valence-corrected chi connectivity index (χ2v) is 6.16. The molecule has 0 aliphatic carbocycles. The van der Waals surface area contributed by atoms with Gasteiger partial charge in [-0.2, -0.15) is 0 Å². The number of alkyl halides is 3. The highest BCUT2D eigenvalue weighted by molar-refractivity contribution is 6.34. The van der Waals surface area contributed by atoms with Crippen molar-refractivity contribution >= 4 is 29.0 Å². The molecule has 1 aliphatic rings. The lowest BCUT2D eigenvalue weighted by atomic mass is 10.3. The molecular formula is C18H17ClF4N4O3. The molecule has 3 rings (SSSR count). The molecule has 1 amide bonds. The predicted octanol–water partition coefficient (Wildman–Crippen LogP) is 3.44. The van der Waals surface area contributed by atoms with E-state index in [-0.39, 0.29) is 35.5 Å². The molecule has 1 atom stereocenters. The van der Waals surface area contributed by atoms with Gasteiger partial charge in [0.15, 0.2) is 0 Å². The zero-order valence-electron chi connectivity index (χ0n) is 15.3. The van der Waals surface area contributed by atoms with Crippen LogP contribution in [0.1, 0.15) is 10.5 Å². The van der Waals surface area contributed by atoms with E-state index in [9.17, 15) is 22.4 Å². The topological polar surface area (TPSA) is 98.8 Å². The Hall–Kier alpha value is -2.92. The normalized spacial score (nSPS) is 15.7. The van der Waals surface area contributed by atoms with E-state index >= 15 is 0 Å².